The summed E-state index contributed by atoms with van der Waals surface area (Å²) in [6.07, 6.45) is 2.39. The van der Waals surface area contributed by atoms with Crippen LogP contribution in [0.2, 0.25) is 0 Å². The molecule has 0 unspecified atom stereocenters. The highest BCUT2D eigenvalue weighted by molar-refractivity contribution is 9.10. The summed E-state index contributed by atoms with van der Waals surface area (Å²) in [5, 5.41) is 7.25. The van der Waals surface area contributed by atoms with Crippen LogP contribution in [0.3, 0.4) is 0 Å². The Morgan fingerprint density at radius 1 is 1.42 bits per heavy atom. The summed E-state index contributed by atoms with van der Waals surface area (Å²) in [5.41, 5.74) is 1.63. The van der Waals surface area contributed by atoms with Gasteiger partial charge in [0.25, 0.3) is 5.91 Å². The van der Waals surface area contributed by atoms with Crippen LogP contribution < -0.4 is 0 Å². The molecule has 1 aliphatic heterocycles. The SMILES string of the molecule is C[C@@H]1CN(C)CCN1C(=O)c1n[nH]c(C2CC2)c1Br. The van der Waals surface area contributed by atoms with Crippen LogP contribution >= 0.6 is 15.9 Å². The molecule has 1 atom stereocenters. The quantitative estimate of drug-likeness (QED) is 0.902. The zero-order valence-electron chi connectivity index (χ0n) is 11.3. The van der Waals surface area contributed by atoms with Crippen LogP contribution in [0.25, 0.3) is 0 Å². The summed E-state index contributed by atoms with van der Waals surface area (Å²) in [6, 6.07) is 0.235. The highest BCUT2D eigenvalue weighted by atomic mass is 79.9. The lowest BCUT2D eigenvalue weighted by Gasteiger charge is -2.37. The number of carbonyl (C=O) groups is 1. The molecule has 1 aliphatic carbocycles. The number of hydrogen-bond acceptors (Lipinski definition) is 3. The maximum atomic E-state index is 12.6. The van der Waals surface area contributed by atoms with Gasteiger partial charge in [-0.3, -0.25) is 9.89 Å². The Morgan fingerprint density at radius 3 is 2.79 bits per heavy atom. The number of nitrogens with one attached hydrogen (secondary N) is 1. The third-order valence-electron chi connectivity index (χ3n) is 4.01. The number of piperazine rings is 1. The topological polar surface area (TPSA) is 52.2 Å². The molecule has 5 nitrogen and oxygen atoms in total. The third-order valence-corrected chi connectivity index (χ3v) is 4.81. The molecule has 1 amide bonds. The van der Waals surface area contributed by atoms with Gasteiger partial charge in [0, 0.05) is 31.6 Å². The number of aromatic amines is 1. The van der Waals surface area contributed by atoms with E-state index >= 15 is 0 Å². The molecule has 2 aliphatic rings. The van der Waals surface area contributed by atoms with Crippen LogP contribution in [0.5, 0.6) is 0 Å². The van der Waals surface area contributed by atoms with Crippen LogP contribution in [0.1, 0.15) is 41.9 Å². The lowest BCUT2D eigenvalue weighted by Crippen LogP contribution is -2.52. The Balaban J connectivity index is 1.79. The molecule has 1 aromatic heterocycles. The standard InChI is InChI=1S/C13H19BrN4O/c1-8-7-17(2)5-6-18(8)13(19)12-10(14)11(15-16-12)9-3-4-9/h8-9H,3-7H2,1-2H3,(H,15,16)/t8-/m1/s1. The molecular weight excluding hydrogens is 308 g/mol. The second-order valence-electron chi connectivity index (χ2n) is 5.68. The van der Waals surface area contributed by atoms with E-state index in [4.69, 9.17) is 0 Å². The van der Waals surface area contributed by atoms with Gasteiger partial charge in [-0.05, 0) is 42.7 Å². The van der Waals surface area contributed by atoms with Crippen molar-refractivity contribution in [1.82, 2.24) is 20.0 Å². The Morgan fingerprint density at radius 2 is 2.16 bits per heavy atom. The fourth-order valence-corrected chi connectivity index (χ4v) is 3.37. The minimum Gasteiger partial charge on any atom is -0.332 e. The summed E-state index contributed by atoms with van der Waals surface area (Å²) in [5.74, 6) is 0.601. The maximum absolute atomic E-state index is 12.6. The van der Waals surface area contributed by atoms with Crippen molar-refractivity contribution in [2.45, 2.75) is 31.7 Å². The van der Waals surface area contributed by atoms with E-state index < -0.39 is 0 Å². The molecule has 1 saturated carbocycles. The van der Waals surface area contributed by atoms with Gasteiger partial charge in [-0.15, -0.1) is 0 Å². The summed E-state index contributed by atoms with van der Waals surface area (Å²) in [4.78, 5) is 16.8. The Kier molecular flexibility index (Phi) is 3.39. The van der Waals surface area contributed by atoms with Crippen LogP contribution in [0.4, 0.5) is 0 Å². The Labute approximate surface area is 121 Å². The smallest absolute Gasteiger partial charge is 0.275 e. The van der Waals surface area contributed by atoms with Crippen molar-refractivity contribution >= 4 is 21.8 Å². The first-order valence-corrected chi connectivity index (χ1v) is 7.60. The van der Waals surface area contributed by atoms with E-state index in [1.54, 1.807) is 0 Å². The van der Waals surface area contributed by atoms with Gasteiger partial charge < -0.3 is 9.80 Å². The number of H-pyrrole nitrogens is 1. The van der Waals surface area contributed by atoms with Crippen LogP contribution in [-0.4, -0.2) is 58.6 Å². The number of likely N-dealkylation sites (N-methyl/N-ethyl adjacent to an activating group) is 1. The first kappa shape index (κ1) is 13.1. The van der Waals surface area contributed by atoms with E-state index in [-0.39, 0.29) is 11.9 Å². The molecule has 6 heteroatoms. The van der Waals surface area contributed by atoms with E-state index in [0.717, 1.165) is 29.8 Å². The minimum absolute atomic E-state index is 0.0376. The van der Waals surface area contributed by atoms with E-state index in [1.165, 1.54) is 12.8 Å². The summed E-state index contributed by atoms with van der Waals surface area (Å²) in [6.45, 7) is 4.71. The van der Waals surface area contributed by atoms with Crippen molar-refractivity contribution in [3.63, 3.8) is 0 Å². The highest BCUT2D eigenvalue weighted by Crippen LogP contribution is 2.43. The minimum atomic E-state index is 0.0376. The average molecular weight is 327 g/mol. The molecule has 2 heterocycles. The first-order chi connectivity index (χ1) is 9.08. The number of nitrogens with zero attached hydrogens (tertiary/aromatic N) is 3. The summed E-state index contributed by atoms with van der Waals surface area (Å²) >= 11 is 3.54. The normalized spacial score (nSPS) is 24.8. The molecular formula is C13H19BrN4O. The zero-order valence-corrected chi connectivity index (χ0v) is 12.9. The van der Waals surface area contributed by atoms with Crippen LogP contribution in [-0.2, 0) is 0 Å². The molecule has 0 aromatic carbocycles. The number of hydrogen-bond donors (Lipinski definition) is 1. The summed E-state index contributed by atoms with van der Waals surface area (Å²) < 4.78 is 0.867. The first-order valence-electron chi connectivity index (χ1n) is 6.81. The second-order valence-corrected chi connectivity index (χ2v) is 6.48. The van der Waals surface area contributed by atoms with Crippen molar-refractivity contribution in [3.8, 4) is 0 Å². The van der Waals surface area contributed by atoms with Gasteiger partial charge in [0.2, 0.25) is 0 Å². The van der Waals surface area contributed by atoms with Crippen LogP contribution in [0, 0.1) is 0 Å². The largest absolute Gasteiger partial charge is 0.332 e. The molecule has 1 aromatic rings. The number of carbonyl (C=O) groups excluding carboxylic acids is 1. The average Bonchev–Trinajstić information content (AvgIpc) is 3.12. The number of aromatic nitrogens is 2. The molecule has 1 saturated heterocycles. The van der Waals surface area contributed by atoms with Gasteiger partial charge in [0.1, 0.15) is 0 Å². The predicted molar refractivity (Wildman–Crippen MR) is 76.3 cm³/mol. The molecule has 19 heavy (non-hydrogen) atoms. The lowest BCUT2D eigenvalue weighted by atomic mass is 10.1. The number of halogens is 1. The van der Waals surface area contributed by atoms with Crippen molar-refractivity contribution in [2.75, 3.05) is 26.7 Å². The number of rotatable bonds is 2. The van der Waals surface area contributed by atoms with Gasteiger partial charge in [-0.2, -0.15) is 5.10 Å². The summed E-state index contributed by atoms with van der Waals surface area (Å²) in [7, 11) is 2.09. The van der Waals surface area contributed by atoms with E-state index in [1.807, 2.05) is 4.90 Å². The molecule has 2 fully saturated rings. The highest BCUT2D eigenvalue weighted by Gasteiger charge is 2.33. The predicted octanol–water partition coefficient (Wildman–Crippen LogP) is 1.83. The lowest BCUT2D eigenvalue weighted by molar-refractivity contribution is 0.0527. The molecule has 0 bridgehead atoms. The fraction of sp³-hybridized carbons (Fsp3) is 0.692. The zero-order chi connectivity index (χ0) is 13.6. The fourth-order valence-electron chi connectivity index (χ4n) is 2.70. The third kappa shape index (κ3) is 2.43. The molecule has 104 valence electrons. The maximum Gasteiger partial charge on any atom is 0.275 e. The van der Waals surface area contributed by atoms with Crippen molar-refractivity contribution in [2.24, 2.45) is 0 Å². The molecule has 3 rings (SSSR count). The van der Waals surface area contributed by atoms with Crippen LogP contribution in [0.15, 0.2) is 4.47 Å². The van der Waals surface area contributed by atoms with Gasteiger partial charge in [0.15, 0.2) is 5.69 Å². The van der Waals surface area contributed by atoms with E-state index in [9.17, 15) is 4.79 Å². The monoisotopic (exact) mass is 326 g/mol. The van der Waals surface area contributed by atoms with E-state index in [0.29, 0.717) is 11.6 Å². The van der Waals surface area contributed by atoms with Crippen molar-refractivity contribution < 1.29 is 4.79 Å². The second kappa shape index (κ2) is 4.90. The van der Waals surface area contributed by atoms with Crippen molar-refractivity contribution in [3.05, 3.63) is 15.9 Å². The Bertz CT molecular complexity index is 497. The number of amides is 1. The van der Waals surface area contributed by atoms with Gasteiger partial charge in [-0.25, -0.2) is 0 Å². The Hall–Kier alpha value is -0.880. The van der Waals surface area contributed by atoms with Crippen molar-refractivity contribution in [1.29, 1.82) is 0 Å². The van der Waals surface area contributed by atoms with Gasteiger partial charge in [0.05, 0.1) is 10.2 Å². The van der Waals surface area contributed by atoms with Gasteiger partial charge >= 0.3 is 0 Å². The van der Waals surface area contributed by atoms with Gasteiger partial charge in [-0.1, -0.05) is 0 Å². The van der Waals surface area contributed by atoms with E-state index in [2.05, 4.69) is 45.0 Å². The molecule has 0 radical (unpaired) electrons. The molecule has 0 spiro atoms. The molecule has 1 N–H and O–H groups in total.